The second-order valence-corrected chi connectivity index (χ2v) is 2.64. The second-order valence-electron chi connectivity index (χ2n) is 2.64. The number of benzene rings is 1. The van der Waals surface area contributed by atoms with E-state index in [1.807, 2.05) is 0 Å². The molecule has 0 fully saturated rings. The summed E-state index contributed by atoms with van der Waals surface area (Å²) in [4.78, 5) is 21.1. The van der Waals surface area contributed by atoms with Crippen LogP contribution in [0.4, 0.5) is 11.4 Å². The summed E-state index contributed by atoms with van der Waals surface area (Å²) in [6, 6.07) is 4.78. The molecule has 4 N–H and O–H groups in total. The van der Waals surface area contributed by atoms with E-state index in [9.17, 15) is 9.59 Å². The molecule has 0 heterocycles. The van der Waals surface area contributed by atoms with Crippen LogP contribution in [0.3, 0.4) is 0 Å². The van der Waals surface area contributed by atoms with Crippen LogP contribution in [0.15, 0.2) is 18.2 Å². The van der Waals surface area contributed by atoms with Gasteiger partial charge >= 0.3 is 0 Å². The van der Waals surface area contributed by atoms with Crippen molar-refractivity contribution in [1.29, 1.82) is 0 Å². The Bertz CT molecular complexity index is 363. The molecule has 0 aliphatic carbocycles. The van der Waals surface area contributed by atoms with Crippen molar-refractivity contribution in [2.45, 2.75) is 0 Å². The highest BCUT2D eigenvalue weighted by Gasteiger charge is 2.05. The van der Waals surface area contributed by atoms with Crippen molar-refractivity contribution in [3.63, 3.8) is 0 Å². The van der Waals surface area contributed by atoms with E-state index < -0.39 is 5.91 Å². The molecule has 1 aromatic rings. The minimum Gasteiger partial charge on any atom is -0.386 e. The van der Waals surface area contributed by atoms with Gasteiger partial charge in [0.25, 0.3) is 0 Å². The van der Waals surface area contributed by atoms with Crippen LogP contribution in [0, 0.1) is 0 Å². The number of amides is 2. The Kier molecular flexibility index (Phi) is 3.06. The Hall–Kier alpha value is -2.04. The van der Waals surface area contributed by atoms with Gasteiger partial charge in [-0.2, -0.15) is 0 Å². The second kappa shape index (κ2) is 4.27. The zero-order valence-electron chi connectivity index (χ0n) is 7.70. The molecule has 0 aliphatic heterocycles. The Labute approximate surface area is 81.3 Å². The predicted molar refractivity (Wildman–Crippen MR) is 54.2 cm³/mol. The highest BCUT2D eigenvalue weighted by Crippen LogP contribution is 2.21. The first kappa shape index (κ1) is 10.0. The largest absolute Gasteiger partial charge is 0.386 e. The molecule has 0 bridgehead atoms. The number of hydrogen-bond donors (Lipinski definition) is 3. The molecule has 0 aromatic heterocycles. The van der Waals surface area contributed by atoms with Gasteiger partial charge in [-0.3, -0.25) is 9.59 Å². The van der Waals surface area contributed by atoms with Crippen LogP contribution in [0.25, 0.3) is 0 Å². The number of carbonyl (C=O) groups excluding carboxylic acids is 2. The van der Waals surface area contributed by atoms with Gasteiger partial charge in [0.1, 0.15) is 0 Å². The summed E-state index contributed by atoms with van der Waals surface area (Å²) >= 11 is 0. The minimum atomic E-state index is -0.526. The number of nitrogens with two attached hydrogens (primary N) is 1. The van der Waals surface area contributed by atoms with Gasteiger partial charge in [0, 0.05) is 12.6 Å². The normalized spacial score (nSPS) is 9.21. The molecule has 14 heavy (non-hydrogen) atoms. The molecule has 5 heteroatoms. The molecule has 0 spiro atoms. The fourth-order valence-electron chi connectivity index (χ4n) is 1.10. The van der Waals surface area contributed by atoms with Gasteiger partial charge in [-0.25, -0.2) is 0 Å². The molecule has 2 amide bonds. The third-order valence-corrected chi connectivity index (χ3v) is 1.79. The van der Waals surface area contributed by atoms with E-state index in [0.29, 0.717) is 17.7 Å². The summed E-state index contributed by atoms with van der Waals surface area (Å²) in [7, 11) is 1.72. The molecular formula is C9H11N3O2. The maximum atomic E-state index is 10.8. The molecule has 0 atom stereocenters. The zero-order chi connectivity index (χ0) is 10.6. The lowest BCUT2D eigenvalue weighted by Crippen LogP contribution is -2.11. The topological polar surface area (TPSA) is 84.2 Å². The molecule has 0 unspecified atom stereocenters. The van der Waals surface area contributed by atoms with Gasteiger partial charge in [0.2, 0.25) is 12.3 Å². The predicted octanol–water partition coefficient (Wildman–Crippen LogP) is 0.395. The minimum absolute atomic E-state index is 0.355. The van der Waals surface area contributed by atoms with Crippen LogP contribution in [0.5, 0.6) is 0 Å². The van der Waals surface area contributed by atoms with Crippen molar-refractivity contribution >= 4 is 23.7 Å². The zero-order valence-corrected chi connectivity index (χ0v) is 7.70. The molecule has 0 saturated carbocycles. The van der Waals surface area contributed by atoms with Crippen LogP contribution >= 0.6 is 0 Å². The van der Waals surface area contributed by atoms with E-state index in [2.05, 4.69) is 10.6 Å². The van der Waals surface area contributed by atoms with Crippen LogP contribution in [-0.2, 0) is 4.79 Å². The number of primary amides is 1. The summed E-state index contributed by atoms with van der Waals surface area (Å²) < 4.78 is 0. The van der Waals surface area contributed by atoms with Gasteiger partial charge < -0.3 is 16.4 Å². The van der Waals surface area contributed by atoms with Crippen molar-refractivity contribution in [2.75, 3.05) is 17.7 Å². The van der Waals surface area contributed by atoms with E-state index >= 15 is 0 Å². The van der Waals surface area contributed by atoms with Crippen molar-refractivity contribution < 1.29 is 9.59 Å². The smallest absolute Gasteiger partial charge is 0.248 e. The summed E-state index contributed by atoms with van der Waals surface area (Å²) in [5, 5.41) is 5.34. The lowest BCUT2D eigenvalue weighted by molar-refractivity contribution is -0.105. The van der Waals surface area contributed by atoms with Crippen molar-refractivity contribution in [3.05, 3.63) is 23.8 Å². The Morgan fingerprint density at radius 2 is 2.14 bits per heavy atom. The Morgan fingerprint density at radius 1 is 1.43 bits per heavy atom. The van der Waals surface area contributed by atoms with Gasteiger partial charge in [-0.15, -0.1) is 0 Å². The van der Waals surface area contributed by atoms with Crippen LogP contribution in [0.1, 0.15) is 10.4 Å². The average Bonchev–Trinajstić information content (AvgIpc) is 2.18. The average molecular weight is 193 g/mol. The van der Waals surface area contributed by atoms with Crippen molar-refractivity contribution in [1.82, 2.24) is 0 Å². The molecule has 1 aromatic carbocycles. The van der Waals surface area contributed by atoms with Gasteiger partial charge in [-0.1, -0.05) is 0 Å². The first-order chi connectivity index (χ1) is 6.69. The fourth-order valence-corrected chi connectivity index (χ4v) is 1.10. The molecule has 0 radical (unpaired) electrons. The maximum absolute atomic E-state index is 10.8. The van der Waals surface area contributed by atoms with E-state index in [-0.39, 0.29) is 0 Å². The lowest BCUT2D eigenvalue weighted by Gasteiger charge is -2.08. The molecule has 0 aliphatic rings. The fraction of sp³-hybridized carbons (Fsp3) is 0.111. The monoisotopic (exact) mass is 193 g/mol. The Morgan fingerprint density at radius 3 is 2.64 bits per heavy atom. The summed E-state index contributed by atoms with van der Waals surface area (Å²) in [5.41, 5.74) is 6.70. The maximum Gasteiger partial charge on any atom is 0.248 e. The van der Waals surface area contributed by atoms with Crippen LogP contribution in [-0.4, -0.2) is 19.4 Å². The SMILES string of the molecule is CNc1ccc(C(N)=O)cc1NC=O. The van der Waals surface area contributed by atoms with Gasteiger partial charge in [0.15, 0.2) is 0 Å². The lowest BCUT2D eigenvalue weighted by atomic mass is 10.1. The van der Waals surface area contributed by atoms with E-state index in [1.54, 1.807) is 19.2 Å². The summed E-state index contributed by atoms with van der Waals surface area (Å²) in [6.45, 7) is 0. The number of rotatable bonds is 4. The van der Waals surface area contributed by atoms with Gasteiger partial charge in [-0.05, 0) is 18.2 Å². The van der Waals surface area contributed by atoms with Crippen molar-refractivity contribution in [2.24, 2.45) is 5.73 Å². The first-order valence-electron chi connectivity index (χ1n) is 4.01. The van der Waals surface area contributed by atoms with Crippen LogP contribution < -0.4 is 16.4 Å². The number of nitrogens with one attached hydrogen (secondary N) is 2. The highest BCUT2D eigenvalue weighted by atomic mass is 16.1. The van der Waals surface area contributed by atoms with Gasteiger partial charge in [0.05, 0.1) is 11.4 Å². The first-order valence-corrected chi connectivity index (χ1v) is 4.01. The van der Waals surface area contributed by atoms with Crippen molar-refractivity contribution in [3.8, 4) is 0 Å². The van der Waals surface area contributed by atoms with E-state index in [4.69, 9.17) is 5.73 Å². The quantitative estimate of drug-likeness (QED) is 0.605. The molecule has 0 saturated heterocycles. The molecule has 5 nitrogen and oxygen atoms in total. The summed E-state index contributed by atoms with van der Waals surface area (Å²) in [5.74, 6) is -0.526. The van der Waals surface area contributed by atoms with E-state index in [0.717, 1.165) is 5.69 Å². The summed E-state index contributed by atoms with van der Waals surface area (Å²) in [6.07, 6.45) is 0.543. The molecule has 1 rings (SSSR count). The third kappa shape index (κ3) is 2.01. The Balaban J connectivity index is 3.13. The number of anilines is 2. The number of hydrogen-bond acceptors (Lipinski definition) is 3. The van der Waals surface area contributed by atoms with Crippen LogP contribution in [0.2, 0.25) is 0 Å². The molecular weight excluding hydrogens is 182 g/mol. The highest BCUT2D eigenvalue weighted by molar-refractivity contribution is 5.96. The third-order valence-electron chi connectivity index (χ3n) is 1.79. The number of carbonyl (C=O) groups is 2. The van der Waals surface area contributed by atoms with E-state index in [1.165, 1.54) is 6.07 Å². The molecule has 74 valence electrons. The standard InChI is InChI=1S/C9H11N3O2/c1-11-7-3-2-6(9(10)14)4-8(7)12-5-13/h2-5,11H,1H3,(H2,10,14)(H,12,13).